The molecule has 0 radical (unpaired) electrons. The van der Waals surface area contributed by atoms with Crippen molar-refractivity contribution in [2.45, 2.75) is 12.8 Å². The first-order valence-electron chi connectivity index (χ1n) is 6.34. The number of rotatable bonds is 5. The van der Waals surface area contributed by atoms with E-state index in [-0.39, 0.29) is 5.13 Å². The Labute approximate surface area is 134 Å². The Hall–Kier alpha value is -3.12. The Morgan fingerprint density at radius 1 is 1.43 bits per heavy atom. The normalized spacial score (nSPS) is 11.3. The van der Waals surface area contributed by atoms with E-state index in [0.717, 1.165) is 16.7 Å². The van der Waals surface area contributed by atoms with Gasteiger partial charge in [0.15, 0.2) is 0 Å². The number of Topliss-reactive ketones (excluding diaryl/α,β-unsaturated/α-hetero) is 1. The van der Waals surface area contributed by atoms with Crippen LogP contribution in [0.5, 0.6) is 0 Å². The summed E-state index contributed by atoms with van der Waals surface area (Å²) in [6.07, 6.45) is 0. The van der Waals surface area contributed by atoms with E-state index in [1.165, 1.54) is 0 Å². The molecule has 23 heavy (non-hydrogen) atoms. The molecule has 1 atom stereocenters. The molecule has 0 unspecified atom stereocenters. The van der Waals surface area contributed by atoms with E-state index >= 15 is 0 Å². The first-order chi connectivity index (χ1) is 10.9. The monoisotopic (exact) mass is 330 g/mol. The lowest BCUT2D eigenvalue weighted by Gasteiger charge is -2.10. The zero-order valence-corrected chi connectivity index (χ0v) is 12.7. The third-order valence-electron chi connectivity index (χ3n) is 3.01. The van der Waals surface area contributed by atoms with Crippen LogP contribution in [0.3, 0.4) is 0 Å². The molecular formula is C14H10N4O4S. The molecule has 2 rings (SSSR count). The van der Waals surface area contributed by atoms with Gasteiger partial charge in [0, 0.05) is 0 Å². The fourth-order valence-corrected chi connectivity index (χ4v) is 2.53. The van der Waals surface area contributed by atoms with E-state index in [1.54, 1.807) is 31.2 Å². The van der Waals surface area contributed by atoms with Crippen molar-refractivity contribution in [2.75, 3.05) is 5.32 Å². The van der Waals surface area contributed by atoms with Gasteiger partial charge in [-0.15, -0.1) is 0 Å². The van der Waals surface area contributed by atoms with E-state index in [9.17, 15) is 25.0 Å². The van der Waals surface area contributed by atoms with Gasteiger partial charge in [-0.05, 0) is 28.0 Å². The Kier molecular flexibility index (Phi) is 4.78. The second kappa shape index (κ2) is 6.76. The lowest BCUT2D eigenvalue weighted by atomic mass is 9.92. The number of ketones is 1. The maximum atomic E-state index is 12.2. The summed E-state index contributed by atoms with van der Waals surface area (Å²) in [4.78, 5) is 37.5. The zero-order chi connectivity index (χ0) is 17.0. The summed E-state index contributed by atoms with van der Waals surface area (Å²) >= 11 is 0.822. The van der Waals surface area contributed by atoms with E-state index in [0.29, 0.717) is 11.1 Å². The summed E-state index contributed by atoms with van der Waals surface area (Å²) in [5, 5.41) is 23.0. The molecule has 8 nitrogen and oxygen atoms in total. The Balaban J connectivity index is 2.17. The molecule has 0 aliphatic carbocycles. The van der Waals surface area contributed by atoms with Crippen molar-refractivity contribution in [1.29, 1.82) is 5.26 Å². The third-order valence-corrected chi connectivity index (χ3v) is 3.76. The first-order valence-corrected chi connectivity index (χ1v) is 7.22. The Morgan fingerprint density at radius 3 is 2.70 bits per heavy atom. The summed E-state index contributed by atoms with van der Waals surface area (Å²) < 4.78 is 0. The molecular weight excluding hydrogens is 320 g/mol. The SMILES string of the molecule is Cc1ccccc1[C@H](C#N)C(=O)C(=O)Nc1nc([N+](=O)[O-])cs1. The lowest BCUT2D eigenvalue weighted by molar-refractivity contribution is -0.389. The van der Waals surface area contributed by atoms with Crippen molar-refractivity contribution in [3.05, 3.63) is 50.9 Å². The van der Waals surface area contributed by atoms with Gasteiger partial charge in [-0.2, -0.15) is 5.26 Å². The number of carbonyl (C=O) groups is 2. The Morgan fingerprint density at radius 2 is 2.13 bits per heavy atom. The summed E-state index contributed by atoms with van der Waals surface area (Å²) in [5.41, 5.74) is 1.16. The average Bonchev–Trinajstić information content (AvgIpc) is 2.98. The molecule has 2 aromatic rings. The van der Waals surface area contributed by atoms with Gasteiger partial charge in [0.05, 0.1) is 11.4 Å². The molecule has 1 aromatic carbocycles. The minimum atomic E-state index is -1.24. The van der Waals surface area contributed by atoms with Crippen LogP contribution in [0.2, 0.25) is 0 Å². The number of aromatic nitrogens is 1. The highest BCUT2D eigenvalue weighted by atomic mass is 32.1. The van der Waals surface area contributed by atoms with Gasteiger partial charge in [-0.25, -0.2) is 0 Å². The average molecular weight is 330 g/mol. The zero-order valence-electron chi connectivity index (χ0n) is 11.8. The van der Waals surface area contributed by atoms with Crippen LogP contribution in [0.4, 0.5) is 10.9 Å². The van der Waals surface area contributed by atoms with Crippen molar-refractivity contribution >= 4 is 34.0 Å². The summed E-state index contributed by atoms with van der Waals surface area (Å²) in [6, 6.07) is 8.57. The molecule has 0 fully saturated rings. The van der Waals surface area contributed by atoms with Crippen LogP contribution in [-0.4, -0.2) is 21.6 Å². The van der Waals surface area contributed by atoms with E-state index < -0.39 is 28.3 Å². The van der Waals surface area contributed by atoms with Gasteiger partial charge >= 0.3 is 10.9 Å². The van der Waals surface area contributed by atoms with E-state index in [4.69, 9.17) is 0 Å². The summed E-state index contributed by atoms with van der Waals surface area (Å²) in [5.74, 6) is -3.65. The highest BCUT2D eigenvalue weighted by Crippen LogP contribution is 2.23. The number of nitrogens with one attached hydrogen (secondary N) is 1. The number of nitro groups is 1. The van der Waals surface area contributed by atoms with Crippen LogP contribution >= 0.6 is 11.3 Å². The predicted octanol–water partition coefficient (Wildman–Crippen LogP) is 2.17. The molecule has 0 saturated heterocycles. The van der Waals surface area contributed by atoms with Gasteiger partial charge in [0.25, 0.3) is 5.91 Å². The molecule has 0 bridgehead atoms. The second-order valence-corrected chi connectivity index (χ2v) is 5.36. The maximum Gasteiger partial charge on any atom is 0.376 e. The van der Waals surface area contributed by atoms with Crippen LogP contribution in [0, 0.1) is 28.4 Å². The van der Waals surface area contributed by atoms with Crippen molar-refractivity contribution in [3.8, 4) is 6.07 Å². The minimum Gasteiger partial charge on any atom is -0.358 e. The van der Waals surface area contributed by atoms with Crippen LogP contribution in [0.1, 0.15) is 17.0 Å². The molecule has 116 valence electrons. The number of aryl methyl sites for hydroxylation is 1. The number of carbonyl (C=O) groups excluding carboxylic acids is 2. The van der Waals surface area contributed by atoms with Crippen LogP contribution in [0.15, 0.2) is 29.6 Å². The fourth-order valence-electron chi connectivity index (χ4n) is 1.88. The first kappa shape index (κ1) is 16.3. The molecule has 1 aromatic heterocycles. The fraction of sp³-hybridized carbons (Fsp3) is 0.143. The predicted molar refractivity (Wildman–Crippen MR) is 81.9 cm³/mol. The number of hydrogen-bond acceptors (Lipinski definition) is 7. The lowest BCUT2D eigenvalue weighted by Crippen LogP contribution is -2.28. The molecule has 1 N–H and O–H groups in total. The molecule has 0 aliphatic heterocycles. The van der Waals surface area contributed by atoms with E-state index in [2.05, 4.69) is 10.3 Å². The molecule has 1 amide bonds. The quantitative estimate of drug-likeness (QED) is 0.508. The van der Waals surface area contributed by atoms with Crippen LogP contribution < -0.4 is 5.32 Å². The smallest absolute Gasteiger partial charge is 0.358 e. The number of amides is 1. The minimum absolute atomic E-state index is 0.0727. The maximum absolute atomic E-state index is 12.2. The molecule has 9 heteroatoms. The number of anilines is 1. The van der Waals surface area contributed by atoms with Gasteiger partial charge < -0.3 is 10.1 Å². The van der Waals surface area contributed by atoms with Gasteiger partial charge in [0.2, 0.25) is 5.78 Å². The third kappa shape index (κ3) is 3.56. The molecule has 0 aliphatic rings. The highest BCUT2D eigenvalue weighted by Gasteiger charge is 2.29. The van der Waals surface area contributed by atoms with Crippen molar-refractivity contribution < 1.29 is 14.5 Å². The van der Waals surface area contributed by atoms with Crippen LogP contribution in [-0.2, 0) is 9.59 Å². The Bertz CT molecular complexity index is 824. The largest absolute Gasteiger partial charge is 0.376 e. The number of thiazole rings is 1. The van der Waals surface area contributed by atoms with Crippen molar-refractivity contribution in [3.63, 3.8) is 0 Å². The number of hydrogen-bond donors (Lipinski definition) is 1. The van der Waals surface area contributed by atoms with Crippen molar-refractivity contribution in [2.24, 2.45) is 0 Å². The second-order valence-electron chi connectivity index (χ2n) is 4.51. The molecule has 1 heterocycles. The van der Waals surface area contributed by atoms with Gasteiger partial charge in [-0.3, -0.25) is 14.9 Å². The van der Waals surface area contributed by atoms with Crippen LogP contribution in [0.25, 0.3) is 0 Å². The standard InChI is InChI=1S/C14H10N4O4S/c1-8-4-2-3-5-9(8)10(6-15)12(19)13(20)17-14-16-11(7-23-14)18(21)22/h2-5,7,10H,1H3,(H,16,17,20)/t10-/m0/s1. The molecule has 0 saturated carbocycles. The van der Waals surface area contributed by atoms with E-state index in [1.807, 2.05) is 6.07 Å². The highest BCUT2D eigenvalue weighted by molar-refractivity contribution is 7.14. The van der Waals surface area contributed by atoms with Gasteiger partial charge in [-0.1, -0.05) is 35.6 Å². The summed E-state index contributed by atoms with van der Waals surface area (Å²) in [7, 11) is 0. The summed E-state index contributed by atoms with van der Waals surface area (Å²) in [6.45, 7) is 1.73. The number of nitrogens with zero attached hydrogens (tertiary/aromatic N) is 3. The van der Waals surface area contributed by atoms with Crippen molar-refractivity contribution in [1.82, 2.24) is 4.98 Å². The molecule has 0 spiro atoms. The number of nitriles is 1. The topological polar surface area (TPSA) is 126 Å². The number of benzene rings is 1. The van der Waals surface area contributed by atoms with Gasteiger partial charge in [0.1, 0.15) is 5.92 Å².